The fraction of sp³-hybridized carbons (Fsp3) is 0.250. The van der Waals surface area contributed by atoms with Crippen molar-refractivity contribution in [1.82, 2.24) is 4.98 Å². The number of methoxy groups -OCH3 is 1. The lowest BCUT2D eigenvalue weighted by Gasteiger charge is -2.20. The summed E-state index contributed by atoms with van der Waals surface area (Å²) in [6.07, 6.45) is 1.62. The lowest BCUT2D eigenvalue weighted by atomic mass is 10.2. The van der Waals surface area contributed by atoms with E-state index in [1.54, 1.807) is 44.6 Å². The van der Waals surface area contributed by atoms with Crippen LogP contribution >= 0.6 is 11.6 Å². The van der Waals surface area contributed by atoms with E-state index >= 15 is 0 Å². The Morgan fingerprint density at radius 1 is 1.18 bits per heavy atom. The molecule has 0 unspecified atom stereocenters. The van der Waals surface area contributed by atoms with Crippen molar-refractivity contribution in [1.29, 1.82) is 0 Å². The van der Waals surface area contributed by atoms with Crippen LogP contribution in [-0.2, 0) is 0 Å². The second-order valence-corrected chi connectivity index (χ2v) is 5.41. The quantitative estimate of drug-likeness (QED) is 0.868. The van der Waals surface area contributed by atoms with Crippen molar-refractivity contribution in [2.24, 2.45) is 0 Å². The molecule has 22 heavy (non-hydrogen) atoms. The van der Waals surface area contributed by atoms with Gasteiger partial charge in [0.25, 0.3) is 5.91 Å². The molecule has 0 atom stereocenters. The maximum Gasteiger partial charge on any atom is 0.276 e. The maximum atomic E-state index is 12.6. The van der Waals surface area contributed by atoms with Gasteiger partial charge in [-0.15, -0.1) is 0 Å². The summed E-state index contributed by atoms with van der Waals surface area (Å²) in [6, 6.07) is 8.72. The number of benzene rings is 1. The van der Waals surface area contributed by atoms with Crippen LogP contribution in [0.25, 0.3) is 0 Å². The number of rotatable bonds is 4. The molecule has 6 heteroatoms. The second kappa shape index (κ2) is 6.66. The number of hydrogen-bond acceptors (Lipinski definition) is 4. The van der Waals surface area contributed by atoms with Crippen molar-refractivity contribution in [2.45, 2.75) is 0 Å². The molecule has 0 N–H and O–H groups in total. The summed E-state index contributed by atoms with van der Waals surface area (Å²) in [4.78, 5) is 20.2. The van der Waals surface area contributed by atoms with Crippen LogP contribution in [0.3, 0.4) is 0 Å². The summed E-state index contributed by atoms with van der Waals surface area (Å²) in [5, 5.41) is 0.533. The highest BCUT2D eigenvalue weighted by atomic mass is 35.5. The third-order valence-electron chi connectivity index (χ3n) is 3.29. The summed E-state index contributed by atoms with van der Waals surface area (Å²) >= 11 is 6.02. The Morgan fingerprint density at radius 2 is 1.91 bits per heavy atom. The van der Waals surface area contributed by atoms with Gasteiger partial charge in [0.2, 0.25) is 0 Å². The van der Waals surface area contributed by atoms with E-state index in [1.807, 2.05) is 25.1 Å². The molecule has 0 saturated carbocycles. The number of halogens is 1. The molecule has 0 fully saturated rings. The average Bonchev–Trinajstić information content (AvgIpc) is 2.53. The molecule has 0 aliphatic rings. The molecular formula is C16H18ClN3O2. The molecule has 1 amide bonds. The van der Waals surface area contributed by atoms with Crippen LogP contribution < -0.4 is 14.5 Å². The fourth-order valence-electron chi connectivity index (χ4n) is 2.02. The second-order valence-electron chi connectivity index (χ2n) is 4.97. The molecule has 1 heterocycles. The van der Waals surface area contributed by atoms with Crippen molar-refractivity contribution in [2.75, 3.05) is 38.1 Å². The summed E-state index contributed by atoms with van der Waals surface area (Å²) < 4.78 is 5.29. The highest BCUT2D eigenvalue weighted by molar-refractivity contribution is 6.31. The topological polar surface area (TPSA) is 45.7 Å². The third-order valence-corrected chi connectivity index (χ3v) is 3.52. The van der Waals surface area contributed by atoms with Crippen LogP contribution in [0.5, 0.6) is 5.75 Å². The number of aromatic nitrogens is 1. The number of carbonyl (C=O) groups is 1. The minimum absolute atomic E-state index is 0.232. The molecular weight excluding hydrogens is 302 g/mol. The van der Waals surface area contributed by atoms with Crippen molar-refractivity contribution >= 4 is 28.9 Å². The van der Waals surface area contributed by atoms with E-state index in [2.05, 4.69) is 4.98 Å². The summed E-state index contributed by atoms with van der Waals surface area (Å²) in [6.45, 7) is 0. The lowest BCUT2D eigenvalue weighted by Crippen LogP contribution is -2.27. The molecule has 0 spiro atoms. The minimum atomic E-state index is -0.232. The van der Waals surface area contributed by atoms with E-state index in [0.29, 0.717) is 22.2 Å². The molecule has 0 aliphatic carbocycles. The van der Waals surface area contributed by atoms with E-state index in [-0.39, 0.29) is 5.91 Å². The third kappa shape index (κ3) is 3.31. The van der Waals surface area contributed by atoms with Crippen molar-refractivity contribution in [3.63, 3.8) is 0 Å². The van der Waals surface area contributed by atoms with Crippen LogP contribution in [0.2, 0.25) is 5.02 Å². The molecule has 0 saturated heterocycles. The van der Waals surface area contributed by atoms with Crippen molar-refractivity contribution in [3.8, 4) is 5.75 Å². The van der Waals surface area contributed by atoms with Gasteiger partial charge in [0, 0.05) is 38.0 Å². The van der Waals surface area contributed by atoms with Gasteiger partial charge in [0.15, 0.2) is 0 Å². The number of nitrogens with zero attached hydrogens (tertiary/aromatic N) is 3. The highest BCUT2D eigenvalue weighted by Crippen LogP contribution is 2.31. The smallest absolute Gasteiger partial charge is 0.276 e. The Hall–Kier alpha value is -2.27. The van der Waals surface area contributed by atoms with Gasteiger partial charge in [-0.3, -0.25) is 9.78 Å². The highest BCUT2D eigenvalue weighted by Gasteiger charge is 2.19. The number of anilines is 2. The zero-order valence-electron chi connectivity index (χ0n) is 13.0. The first-order chi connectivity index (χ1) is 10.4. The Kier molecular flexibility index (Phi) is 4.88. The van der Waals surface area contributed by atoms with Crippen LogP contribution in [0.15, 0.2) is 36.5 Å². The predicted octanol–water partition coefficient (Wildman–Crippen LogP) is 3.09. The van der Waals surface area contributed by atoms with Gasteiger partial charge in [0.1, 0.15) is 11.4 Å². The fourth-order valence-corrected chi connectivity index (χ4v) is 2.19. The zero-order chi connectivity index (χ0) is 16.3. The van der Waals surface area contributed by atoms with Crippen LogP contribution in [0.4, 0.5) is 11.4 Å². The molecule has 1 aromatic heterocycles. The monoisotopic (exact) mass is 319 g/mol. The first-order valence-corrected chi connectivity index (χ1v) is 7.07. The first-order valence-electron chi connectivity index (χ1n) is 6.69. The van der Waals surface area contributed by atoms with Crippen LogP contribution in [-0.4, -0.2) is 39.1 Å². The molecule has 2 rings (SSSR count). The number of amides is 1. The van der Waals surface area contributed by atoms with Crippen molar-refractivity contribution in [3.05, 3.63) is 47.2 Å². The van der Waals surface area contributed by atoms with Crippen LogP contribution in [0, 0.1) is 0 Å². The normalized spacial score (nSPS) is 10.2. The van der Waals surface area contributed by atoms with E-state index in [4.69, 9.17) is 16.3 Å². The van der Waals surface area contributed by atoms with E-state index in [1.165, 1.54) is 4.90 Å². The van der Waals surface area contributed by atoms with Gasteiger partial charge in [-0.05, 0) is 30.3 Å². The average molecular weight is 320 g/mol. The number of carbonyl (C=O) groups excluding carboxylic acids is 1. The molecule has 1 aromatic carbocycles. The van der Waals surface area contributed by atoms with Crippen LogP contribution in [0.1, 0.15) is 10.5 Å². The first kappa shape index (κ1) is 16.1. The Morgan fingerprint density at radius 3 is 2.55 bits per heavy atom. The van der Waals surface area contributed by atoms with Gasteiger partial charge in [-0.2, -0.15) is 0 Å². The van der Waals surface area contributed by atoms with Gasteiger partial charge in [0.05, 0.1) is 12.8 Å². The largest absolute Gasteiger partial charge is 0.495 e. The molecule has 2 aromatic rings. The van der Waals surface area contributed by atoms with Gasteiger partial charge < -0.3 is 14.5 Å². The molecule has 0 radical (unpaired) electrons. The Balaban J connectivity index is 2.37. The SMILES string of the molecule is COc1ccc(Cl)cc1N(C)C(=O)c1cc(N(C)C)ccn1. The predicted molar refractivity (Wildman–Crippen MR) is 89.3 cm³/mol. The Labute approximate surface area is 135 Å². The van der Waals surface area contributed by atoms with E-state index in [9.17, 15) is 4.79 Å². The van der Waals surface area contributed by atoms with Gasteiger partial charge in [-0.1, -0.05) is 11.6 Å². The van der Waals surface area contributed by atoms with E-state index < -0.39 is 0 Å². The number of pyridine rings is 1. The molecule has 116 valence electrons. The molecule has 5 nitrogen and oxygen atoms in total. The minimum Gasteiger partial charge on any atom is -0.495 e. The number of hydrogen-bond donors (Lipinski definition) is 0. The Bertz CT molecular complexity index is 689. The maximum absolute atomic E-state index is 12.6. The van der Waals surface area contributed by atoms with Gasteiger partial charge >= 0.3 is 0 Å². The molecule has 0 bridgehead atoms. The summed E-state index contributed by atoms with van der Waals surface area (Å²) in [5.74, 6) is 0.341. The number of ether oxygens (including phenoxy) is 1. The van der Waals surface area contributed by atoms with Crippen molar-refractivity contribution < 1.29 is 9.53 Å². The summed E-state index contributed by atoms with van der Waals surface area (Å²) in [7, 11) is 7.04. The van der Waals surface area contributed by atoms with Gasteiger partial charge in [-0.25, -0.2) is 0 Å². The summed E-state index contributed by atoms with van der Waals surface area (Å²) in [5.41, 5.74) is 1.86. The van der Waals surface area contributed by atoms with E-state index in [0.717, 1.165) is 5.69 Å². The zero-order valence-corrected chi connectivity index (χ0v) is 13.8. The lowest BCUT2D eigenvalue weighted by molar-refractivity contribution is 0.0987. The molecule has 0 aliphatic heterocycles. The standard InChI is InChI=1S/C16H18ClN3O2/c1-19(2)12-7-8-18-13(10-12)16(21)20(3)14-9-11(17)5-6-15(14)22-4/h5-10H,1-4H3.